The number of rotatable bonds is 5. The lowest BCUT2D eigenvalue weighted by molar-refractivity contribution is -0.234. The summed E-state index contributed by atoms with van der Waals surface area (Å²) < 4.78 is 51.7. The van der Waals surface area contributed by atoms with E-state index in [0.29, 0.717) is 24.8 Å². The number of aliphatic hydroxyl groups excluding tert-OH is 2. The normalized spacial score (nSPS) is 49.3. The molecule has 0 aromatic rings. The zero-order chi connectivity index (χ0) is 32.5. The summed E-state index contributed by atoms with van der Waals surface area (Å²) >= 11 is 0. The van der Waals surface area contributed by atoms with Crippen LogP contribution in [0.5, 0.6) is 0 Å². The van der Waals surface area contributed by atoms with Crippen molar-refractivity contribution in [2.45, 2.75) is 118 Å². The number of aliphatic carboxylic acids is 1. The standard InChI is InChI=1S/C31H48O6/c1-17(2)9-8-10-20(28(35)36)26-22-15-24(34)27-29(5)13-12-23(33)18(3)21(29)11-14-30(27,6)31(22,7)16-25(26)37-19(4)32/h9,18,21-25,27,33-34H,8,10-16H2,1-7H3,(H,35,36)/b26-20+/t18-,21-,22-,23+,24+,25-,27-,29-,30-,31-/m0/s1/i1D3,2D3. The Morgan fingerprint density at radius 3 is 2.43 bits per heavy atom. The highest BCUT2D eigenvalue weighted by Gasteiger charge is 2.70. The lowest BCUT2D eigenvalue weighted by atomic mass is 9.36. The summed E-state index contributed by atoms with van der Waals surface area (Å²) in [6, 6.07) is 0. The first kappa shape index (κ1) is 21.2. The smallest absolute Gasteiger partial charge is 0.331 e. The molecule has 0 spiro atoms. The van der Waals surface area contributed by atoms with Crippen LogP contribution in [0.2, 0.25) is 0 Å². The molecule has 4 rings (SSSR count). The van der Waals surface area contributed by atoms with Crippen LogP contribution in [0.3, 0.4) is 0 Å². The van der Waals surface area contributed by atoms with Crippen molar-refractivity contribution in [3.63, 3.8) is 0 Å². The van der Waals surface area contributed by atoms with Crippen molar-refractivity contribution < 1.29 is 37.9 Å². The van der Waals surface area contributed by atoms with Gasteiger partial charge in [-0.2, -0.15) is 0 Å². The molecule has 4 aliphatic rings. The number of carboxylic acid groups (broad SMARTS) is 1. The van der Waals surface area contributed by atoms with Crippen LogP contribution in [0.25, 0.3) is 0 Å². The van der Waals surface area contributed by atoms with Gasteiger partial charge in [-0.15, -0.1) is 0 Å². The first-order valence-electron chi connectivity index (χ1n) is 16.8. The van der Waals surface area contributed by atoms with Crippen molar-refractivity contribution in [2.75, 3.05) is 0 Å². The Bertz CT molecular complexity index is 1180. The van der Waals surface area contributed by atoms with Crippen molar-refractivity contribution in [3.8, 4) is 0 Å². The highest BCUT2D eigenvalue weighted by Crippen LogP contribution is 2.74. The van der Waals surface area contributed by atoms with Gasteiger partial charge in [-0.3, -0.25) is 4.79 Å². The van der Waals surface area contributed by atoms with Gasteiger partial charge in [0.05, 0.1) is 12.2 Å². The Hall–Kier alpha value is -1.66. The summed E-state index contributed by atoms with van der Waals surface area (Å²) in [6.07, 6.45) is 2.69. The van der Waals surface area contributed by atoms with Crippen molar-refractivity contribution >= 4 is 11.9 Å². The number of allylic oxidation sites excluding steroid dienone is 2. The van der Waals surface area contributed by atoms with E-state index in [1.807, 2.05) is 0 Å². The van der Waals surface area contributed by atoms with Gasteiger partial charge in [0.1, 0.15) is 6.10 Å². The van der Waals surface area contributed by atoms with Crippen molar-refractivity contribution in [1.82, 2.24) is 0 Å². The molecule has 0 aromatic heterocycles. The van der Waals surface area contributed by atoms with Gasteiger partial charge in [-0.05, 0) is 111 Å². The van der Waals surface area contributed by atoms with Crippen LogP contribution < -0.4 is 0 Å². The SMILES string of the molecule is [2H]C([2H])([2H])C(=CCC/C(C(=O)O)=C1\[C@@H](OC(C)=O)C[C@@]2(C)[C@H]1C[C@@H](O)[C@H]1[C@@]3(C)CC[C@@H](O)[C@@H](C)[C@@H]3CC[C@@]12C)C([2H])([2H])[2H]. The van der Waals surface area contributed by atoms with Gasteiger partial charge in [0.15, 0.2) is 0 Å². The number of hydrogen-bond donors (Lipinski definition) is 3. The number of carbonyl (C=O) groups excluding carboxylic acids is 1. The van der Waals surface area contributed by atoms with Gasteiger partial charge >= 0.3 is 11.9 Å². The first-order valence-corrected chi connectivity index (χ1v) is 13.8. The third-order valence-electron chi connectivity index (χ3n) is 11.4. The van der Waals surface area contributed by atoms with E-state index in [1.54, 1.807) is 0 Å². The Kier molecular flexibility index (Phi) is 5.63. The number of ether oxygens (including phenoxy) is 1. The fourth-order valence-corrected chi connectivity index (χ4v) is 9.64. The molecule has 0 aliphatic heterocycles. The van der Waals surface area contributed by atoms with Crippen molar-refractivity contribution in [1.29, 1.82) is 0 Å². The molecule has 6 heteroatoms. The molecule has 4 saturated carbocycles. The van der Waals surface area contributed by atoms with Gasteiger partial charge in [0, 0.05) is 20.7 Å². The molecule has 4 aliphatic carbocycles. The monoisotopic (exact) mass is 522 g/mol. The summed E-state index contributed by atoms with van der Waals surface area (Å²) in [7, 11) is 0. The molecular weight excluding hydrogens is 468 g/mol. The van der Waals surface area contributed by atoms with E-state index in [2.05, 4.69) is 27.7 Å². The van der Waals surface area contributed by atoms with Crippen molar-refractivity contribution in [3.05, 3.63) is 22.8 Å². The van der Waals surface area contributed by atoms with Gasteiger partial charge in [0.2, 0.25) is 0 Å². The van der Waals surface area contributed by atoms with Crippen molar-refractivity contribution in [2.24, 2.45) is 39.9 Å². The molecule has 3 N–H and O–H groups in total. The molecule has 0 heterocycles. The van der Waals surface area contributed by atoms with Gasteiger partial charge in [-0.1, -0.05) is 39.3 Å². The summed E-state index contributed by atoms with van der Waals surface area (Å²) in [5.41, 5.74) is -1.43. The third-order valence-corrected chi connectivity index (χ3v) is 11.4. The molecule has 0 radical (unpaired) electrons. The summed E-state index contributed by atoms with van der Waals surface area (Å²) in [5.74, 6) is -1.92. The van der Waals surface area contributed by atoms with E-state index >= 15 is 0 Å². The minimum atomic E-state index is -2.85. The van der Waals surface area contributed by atoms with E-state index in [4.69, 9.17) is 13.0 Å². The number of hydrogen-bond acceptors (Lipinski definition) is 5. The maximum absolute atomic E-state index is 12.8. The maximum Gasteiger partial charge on any atom is 0.331 e. The minimum absolute atomic E-state index is 0.0183. The van der Waals surface area contributed by atoms with Crippen LogP contribution in [-0.2, 0) is 14.3 Å². The lowest BCUT2D eigenvalue weighted by Crippen LogP contribution is -2.65. The second-order valence-electron chi connectivity index (χ2n) is 13.0. The van der Waals surface area contributed by atoms with Crippen LogP contribution in [0.4, 0.5) is 0 Å². The minimum Gasteiger partial charge on any atom is -0.478 e. The number of fused-ring (bicyclic) bond motifs is 5. The highest BCUT2D eigenvalue weighted by molar-refractivity contribution is 5.88. The third kappa shape index (κ3) is 4.40. The summed E-state index contributed by atoms with van der Waals surface area (Å²) in [5, 5.41) is 33.1. The van der Waals surface area contributed by atoms with Gasteiger partial charge < -0.3 is 20.1 Å². The molecule has 208 valence electrons. The number of aliphatic hydroxyl groups is 2. The number of carbonyl (C=O) groups is 2. The quantitative estimate of drug-likeness (QED) is 0.244. The Balaban J connectivity index is 1.80. The Morgan fingerprint density at radius 1 is 1.11 bits per heavy atom. The molecule has 10 atom stereocenters. The first-order chi connectivity index (χ1) is 19.6. The average Bonchev–Trinajstić information content (AvgIpc) is 3.11. The molecular formula is C31H48O6. The van der Waals surface area contributed by atoms with Crippen LogP contribution in [0, 0.1) is 39.9 Å². The van der Waals surface area contributed by atoms with Crippen LogP contribution in [0.15, 0.2) is 22.8 Å². The molecule has 0 unspecified atom stereocenters. The van der Waals surface area contributed by atoms with E-state index in [-0.39, 0.29) is 47.7 Å². The van der Waals surface area contributed by atoms with E-state index in [9.17, 15) is 24.9 Å². The van der Waals surface area contributed by atoms with Crippen LogP contribution in [0.1, 0.15) is 108 Å². The average molecular weight is 523 g/mol. The van der Waals surface area contributed by atoms with Gasteiger partial charge in [-0.25, -0.2) is 4.79 Å². The molecule has 0 bridgehead atoms. The summed E-state index contributed by atoms with van der Waals surface area (Å²) in [6.45, 7) is 4.24. The molecule has 0 saturated heterocycles. The second kappa shape index (κ2) is 9.82. The number of carboxylic acids is 1. The predicted molar refractivity (Wildman–Crippen MR) is 143 cm³/mol. The molecule has 6 nitrogen and oxygen atoms in total. The zero-order valence-corrected chi connectivity index (χ0v) is 22.8. The van der Waals surface area contributed by atoms with Crippen LogP contribution >= 0.6 is 0 Å². The Labute approximate surface area is 231 Å². The zero-order valence-electron chi connectivity index (χ0n) is 28.8. The van der Waals surface area contributed by atoms with E-state index in [0.717, 1.165) is 25.3 Å². The van der Waals surface area contributed by atoms with E-state index < -0.39 is 60.2 Å². The molecule has 4 fully saturated rings. The Morgan fingerprint density at radius 2 is 1.81 bits per heavy atom. The lowest BCUT2D eigenvalue weighted by Gasteiger charge is -2.69. The van der Waals surface area contributed by atoms with Crippen LogP contribution in [-0.4, -0.2) is 45.6 Å². The molecule has 0 aromatic carbocycles. The fourth-order valence-electron chi connectivity index (χ4n) is 9.64. The fraction of sp³-hybridized carbons (Fsp3) is 0.806. The highest BCUT2D eigenvalue weighted by atomic mass is 16.5. The predicted octanol–water partition coefficient (Wildman–Crippen LogP) is 5.67. The summed E-state index contributed by atoms with van der Waals surface area (Å²) in [4.78, 5) is 25.1. The molecule has 37 heavy (non-hydrogen) atoms. The molecule has 0 amide bonds. The second-order valence-corrected chi connectivity index (χ2v) is 13.0. The number of esters is 1. The van der Waals surface area contributed by atoms with E-state index in [1.165, 1.54) is 6.92 Å². The topological polar surface area (TPSA) is 104 Å². The largest absolute Gasteiger partial charge is 0.478 e. The van der Waals surface area contributed by atoms with Gasteiger partial charge in [0.25, 0.3) is 0 Å². The maximum atomic E-state index is 12.8.